The molecule has 5 aliphatic carbocycles. The average Bonchev–Trinajstić information content (AvgIpc) is 3.24. The normalized spacial score (nSPS) is 46.5. The maximum atomic E-state index is 14.0. The van der Waals surface area contributed by atoms with Crippen molar-refractivity contribution in [3.8, 4) is 0 Å². The van der Waals surface area contributed by atoms with E-state index in [4.69, 9.17) is 9.47 Å². The zero-order chi connectivity index (χ0) is 31.8. The Labute approximate surface area is 260 Å². The number of aliphatic carboxylic acids is 1. The molecule has 0 saturated heterocycles. The predicted octanol–water partition coefficient (Wildman–Crippen LogP) is 7.86. The molecule has 0 aliphatic heterocycles. The van der Waals surface area contributed by atoms with Crippen molar-refractivity contribution >= 4 is 18.0 Å². The third kappa shape index (κ3) is 4.50. The number of amides is 1. The highest BCUT2D eigenvalue weighted by Gasteiger charge is 2.73. The van der Waals surface area contributed by atoms with Gasteiger partial charge in [0.1, 0.15) is 12.6 Å². The second-order valence-corrected chi connectivity index (χ2v) is 17.2. The fraction of sp³-hybridized carbons (Fsp3) is 0.917. The maximum absolute atomic E-state index is 14.0. The Morgan fingerprint density at radius 3 is 2.14 bits per heavy atom. The van der Waals surface area contributed by atoms with Gasteiger partial charge in [-0.15, -0.1) is 0 Å². The highest BCUT2D eigenvalue weighted by Crippen LogP contribution is 2.79. The SMILES string of the molecule is CCOC(=O)O[C@@H]1CC[C@@]2(C)C(CCC3(C)C2CCC2C4C(C)(C(C)C)CC[C@]4(C(=O)NCC(=O)O)CC[C@]23C)C1(C)C. The third-order valence-corrected chi connectivity index (χ3v) is 15.5. The number of carboxylic acid groups (broad SMARTS) is 1. The Hall–Kier alpha value is -1.79. The molecule has 5 saturated carbocycles. The van der Waals surface area contributed by atoms with Gasteiger partial charge in [-0.1, -0.05) is 55.4 Å². The Balaban J connectivity index is 1.49. The van der Waals surface area contributed by atoms with Crippen molar-refractivity contribution < 1.29 is 29.0 Å². The van der Waals surface area contributed by atoms with Gasteiger partial charge < -0.3 is 19.9 Å². The molecule has 0 aromatic heterocycles. The van der Waals surface area contributed by atoms with E-state index in [1.54, 1.807) is 0 Å². The molecule has 0 aromatic rings. The molecule has 5 fully saturated rings. The minimum absolute atomic E-state index is 0.0176. The molecule has 5 aliphatic rings. The van der Waals surface area contributed by atoms with Crippen LogP contribution in [0.3, 0.4) is 0 Å². The zero-order valence-corrected chi connectivity index (χ0v) is 28.4. The Bertz CT molecular complexity index is 1130. The van der Waals surface area contributed by atoms with Crippen LogP contribution >= 0.6 is 0 Å². The molecule has 0 heterocycles. The van der Waals surface area contributed by atoms with Crippen LogP contribution in [0.25, 0.3) is 0 Å². The van der Waals surface area contributed by atoms with E-state index in [0.717, 1.165) is 57.8 Å². The summed E-state index contributed by atoms with van der Waals surface area (Å²) in [6, 6.07) is 0. The van der Waals surface area contributed by atoms with Gasteiger partial charge in [0.25, 0.3) is 0 Å². The lowest BCUT2D eigenvalue weighted by atomic mass is 9.31. The van der Waals surface area contributed by atoms with E-state index in [9.17, 15) is 19.5 Å². The fourth-order valence-corrected chi connectivity index (χ4v) is 12.8. The van der Waals surface area contributed by atoms with E-state index in [-0.39, 0.29) is 51.5 Å². The van der Waals surface area contributed by atoms with Crippen LogP contribution in [0.15, 0.2) is 0 Å². The van der Waals surface area contributed by atoms with Crippen LogP contribution in [0.4, 0.5) is 4.79 Å². The lowest BCUT2D eigenvalue weighted by Gasteiger charge is -2.73. The summed E-state index contributed by atoms with van der Waals surface area (Å²) in [6.45, 7) is 21.3. The number of nitrogens with one attached hydrogen (secondary N) is 1. The summed E-state index contributed by atoms with van der Waals surface area (Å²) in [4.78, 5) is 37.8. The molecule has 0 radical (unpaired) electrons. The second kappa shape index (κ2) is 10.6. The summed E-state index contributed by atoms with van der Waals surface area (Å²) in [5.41, 5.74) is -0.159. The predicted molar refractivity (Wildman–Crippen MR) is 166 cm³/mol. The molecular formula is C36H59NO6. The number of carbonyl (C=O) groups excluding carboxylic acids is 2. The largest absolute Gasteiger partial charge is 0.508 e. The average molecular weight is 602 g/mol. The lowest BCUT2D eigenvalue weighted by molar-refractivity contribution is -0.252. The number of hydrogen-bond acceptors (Lipinski definition) is 5. The van der Waals surface area contributed by atoms with Gasteiger partial charge in [0, 0.05) is 5.41 Å². The van der Waals surface area contributed by atoms with Crippen LogP contribution in [0.1, 0.15) is 127 Å². The molecule has 43 heavy (non-hydrogen) atoms. The summed E-state index contributed by atoms with van der Waals surface area (Å²) in [5, 5.41) is 12.2. The van der Waals surface area contributed by atoms with Gasteiger partial charge in [-0.2, -0.15) is 0 Å². The Morgan fingerprint density at radius 2 is 1.51 bits per heavy atom. The first kappa shape index (κ1) is 32.6. The summed E-state index contributed by atoms with van der Waals surface area (Å²) < 4.78 is 11.1. The molecule has 7 nitrogen and oxygen atoms in total. The first-order valence-corrected chi connectivity index (χ1v) is 17.3. The molecule has 1 amide bonds. The molecule has 7 heteroatoms. The number of carbonyl (C=O) groups is 3. The number of fused-ring (bicyclic) bond motifs is 7. The van der Waals surface area contributed by atoms with Crippen molar-refractivity contribution in [2.75, 3.05) is 13.2 Å². The quantitative estimate of drug-likeness (QED) is 0.301. The summed E-state index contributed by atoms with van der Waals surface area (Å²) in [7, 11) is 0. The number of carboxylic acids is 1. The summed E-state index contributed by atoms with van der Waals surface area (Å²) in [6.07, 6.45) is 9.58. The topological polar surface area (TPSA) is 102 Å². The van der Waals surface area contributed by atoms with E-state index >= 15 is 0 Å². The lowest BCUT2D eigenvalue weighted by Crippen LogP contribution is -2.68. The van der Waals surface area contributed by atoms with E-state index in [0.29, 0.717) is 30.3 Å². The standard InChI is InChI=1S/C36H59NO6/c1-10-42-30(41)43-26-14-15-33(7)24(31(26,4)5)13-16-35(9)25(33)12-11-23-28-32(6,22(2)3)17-19-36(28,20-18-34(23,35)8)29(40)37-21-27(38)39/h22-26,28H,10-21H2,1-9H3,(H,37,40)(H,38,39)/t23?,24?,25?,26-,28?,32?,33+,34-,35?,36+/m1/s1. The van der Waals surface area contributed by atoms with Crippen LogP contribution in [0.2, 0.25) is 0 Å². The van der Waals surface area contributed by atoms with Crippen LogP contribution in [-0.2, 0) is 19.1 Å². The smallest absolute Gasteiger partial charge is 0.480 e. The van der Waals surface area contributed by atoms with Gasteiger partial charge in [-0.25, -0.2) is 4.79 Å². The van der Waals surface area contributed by atoms with Crippen molar-refractivity contribution in [3.05, 3.63) is 0 Å². The van der Waals surface area contributed by atoms with Crippen molar-refractivity contribution in [1.29, 1.82) is 0 Å². The molecule has 10 atom stereocenters. The van der Waals surface area contributed by atoms with Crippen LogP contribution < -0.4 is 5.32 Å². The molecule has 0 aromatic carbocycles. The second-order valence-electron chi connectivity index (χ2n) is 17.2. The molecule has 5 rings (SSSR count). The van der Waals surface area contributed by atoms with E-state index < -0.39 is 17.5 Å². The van der Waals surface area contributed by atoms with Gasteiger partial charge in [0.2, 0.25) is 5.91 Å². The highest BCUT2D eigenvalue weighted by atomic mass is 16.7. The van der Waals surface area contributed by atoms with Gasteiger partial charge in [-0.3, -0.25) is 9.59 Å². The summed E-state index contributed by atoms with van der Waals surface area (Å²) in [5.74, 6) is 1.17. The molecular weight excluding hydrogens is 542 g/mol. The maximum Gasteiger partial charge on any atom is 0.508 e. The Kier molecular flexibility index (Phi) is 8.07. The molecule has 6 unspecified atom stereocenters. The van der Waals surface area contributed by atoms with Crippen LogP contribution in [0, 0.1) is 62.1 Å². The van der Waals surface area contributed by atoms with Gasteiger partial charge in [0.05, 0.1) is 12.0 Å². The minimum Gasteiger partial charge on any atom is -0.480 e. The Morgan fingerprint density at radius 1 is 0.837 bits per heavy atom. The van der Waals surface area contributed by atoms with Crippen LogP contribution in [0.5, 0.6) is 0 Å². The number of hydrogen-bond donors (Lipinski definition) is 2. The molecule has 2 N–H and O–H groups in total. The minimum atomic E-state index is -0.977. The van der Waals surface area contributed by atoms with Crippen LogP contribution in [-0.4, -0.2) is 42.4 Å². The zero-order valence-electron chi connectivity index (χ0n) is 28.4. The molecule has 0 bridgehead atoms. The van der Waals surface area contributed by atoms with Gasteiger partial charge in [-0.05, 0) is 122 Å². The van der Waals surface area contributed by atoms with E-state index in [1.165, 1.54) is 6.42 Å². The van der Waals surface area contributed by atoms with Crippen molar-refractivity contribution in [3.63, 3.8) is 0 Å². The van der Waals surface area contributed by atoms with Crippen molar-refractivity contribution in [2.24, 2.45) is 62.1 Å². The van der Waals surface area contributed by atoms with Crippen molar-refractivity contribution in [2.45, 2.75) is 133 Å². The molecule has 0 spiro atoms. The number of ether oxygens (including phenoxy) is 2. The van der Waals surface area contributed by atoms with Gasteiger partial charge >= 0.3 is 12.1 Å². The van der Waals surface area contributed by atoms with E-state index in [2.05, 4.69) is 60.7 Å². The first-order chi connectivity index (χ1) is 19.9. The first-order valence-electron chi connectivity index (χ1n) is 17.3. The van der Waals surface area contributed by atoms with E-state index in [1.807, 2.05) is 6.92 Å². The third-order valence-electron chi connectivity index (χ3n) is 15.5. The number of rotatable bonds is 6. The highest BCUT2D eigenvalue weighted by molar-refractivity contribution is 5.86. The summed E-state index contributed by atoms with van der Waals surface area (Å²) >= 11 is 0. The van der Waals surface area contributed by atoms with Gasteiger partial charge in [0.15, 0.2) is 0 Å². The molecule has 244 valence electrons. The monoisotopic (exact) mass is 601 g/mol. The van der Waals surface area contributed by atoms with Crippen molar-refractivity contribution in [1.82, 2.24) is 5.32 Å². The fourth-order valence-electron chi connectivity index (χ4n) is 12.8.